The molecule has 4 heterocycles. The van der Waals surface area contributed by atoms with Crippen molar-refractivity contribution in [1.82, 2.24) is 35.3 Å². The molecule has 0 fully saturated rings. The molecule has 1 amide bonds. The zero-order valence-electron chi connectivity index (χ0n) is 20.4. The highest BCUT2D eigenvalue weighted by Crippen LogP contribution is 2.36. The number of carbonyl (C=O) groups is 1. The van der Waals surface area contributed by atoms with Crippen LogP contribution < -0.4 is 10.1 Å². The largest absolute Gasteiger partial charge is 0.470 e. The number of nitrogens with zero attached hydrogens (tertiary/aromatic N) is 6. The van der Waals surface area contributed by atoms with Crippen molar-refractivity contribution in [2.24, 2.45) is 0 Å². The van der Waals surface area contributed by atoms with Crippen LogP contribution in [-0.4, -0.2) is 53.6 Å². The van der Waals surface area contributed by atoms with Gasteiger partial charge in [0.15, 0.2) is 5.69 Å². The normalized spacial score (nSPS) is 12.6. The minimum absolute atomic E-state index is 0.111. The van der Waals surface area contributed by atoms with Crippen LogP contribution in [0.15, 0.2) is 35.1 Å². The van der Waals surface area contributed by atoms with E-state index in [-0.39, 0.29) is 30.6 Å². The molecule has 0 spiro atoms. The van der Waals surface area contributed by atoms with Crippen molar-refractivity contribution in [2.75, 3.05) is 6.61 Å². The highest BCUT2D eigenvalue weighted by molar-refractivity contribution is 5.94. The van der Waals surface area contributed by atoms with Crippen molar-refractivity contribution in [3.63, 3.8) is 0 Å². The molecule has 184 valence electrons. The number of aryl methyl sites for hydroxylation is 1. The predicted molar refractivity (Wildman–Crippen MR) is 127 cm³/mol. The van der Waals surface area contributed by atoms with E-state index in [0.717, 1.165) is 11.1 Å². The molecule has 0 radical (unpaired) electrons. The summed E-state index contributed by atoms with van der Waals surface area (Å²) in [5.41, 5.74) is 2.91. The molecular weight excluding hydrogens is 450 g/mol. The van der Waals surface area contributed by atoms with Gasteiger partial charge in [0.05, 0.1) is 35.6 Å². The third-order valence-corrected chi connectivity index (χ3v) is 5.52. The molecule has 0 unspecified atom stereocenters. The summed E-state index contributed by atoms with van der Waals surface area (Å²) in [5.74, 6) is 1.26. The Morgan fingerprint density at radius 3 is 2.69 bits per heavy atom. The van der Waals surface area contributed by atoms with E-state index >= 15 is 0 Å². The molecule has 11 heteroatoms. The molecule has 0 aliphatic rings. The molecule has 4 aromatic heterocycles. The van der Waals surface area contributed by atoms with Crippen molar-refractivity contribution in [2.45, 2.75) is 59.1 Å². The van der Waals surface area contributed by atoms with Gasteiger partial charge in [-0.05, 0) is 30.9 Å². The Balaban J connectivity index is 1.59. The maximum absolute atomic E-state index is 12.3. The number of fused-ring (bicyclic) bond motifs is 1. The van der Waals surface area contributed by atoms with Crippen molar-refractivity contribution >= 4 is 11.4 Å². The summed E-state index contributed by atoms with van der Waals surface area (Å²) in [5, 5.41) is 29.1. The van der Waals surface area contributed by atoms with Crippen molar-refractivity contribution < 1.29 is 19.2 Å². The first-order chi connectivity index (χ1) is 16.7. The average molecular weight is 480 g/mol. The first-order valence-electron chi connectivity index (χ1n) is 11.4. The molecule has 4 aromatic rings. The molecular formula is C24H29N7O4. The fraction of sp³-hybridized carbons (Fsp3) is 0.417. The van der Waals surface area contributed by atoms with Crippen LogP contribution in [0.3, 0.4) is 0 Å². The molecule has 0 aliphatic heterocycles. The maximum Gasteiger partial charge on any atom is 0.253 e. The molecule has 2 N–H and O–H groups in total. The number of aliphatic hydroxyl groups is 1. The zero-order valence-corrected chi connectivity index (χ0v) is 20.4. The van der Waals surface area contributed by atoms with Crippen molar-refractivity contribution in [3.05, 3.63) is 53.2 Å². The summed E-state index contributed by atoms with van der Waals surface area (Å²) >= 11 is 0. The lowest BCUT2D eigenvalue weighted by Crippen LogP contribution is -2.36. The van der Waals surface area contributed by atoms with Crippen LogP contribution in [0.1, 0.15) is 61.5 Å². The van der Waals surface area contributed by atoms with Gasteiger partial charge in [-0.2, -0.15) is 5.10 Å². The van der Waals surface area contributed by atoms with E-state index < -0.39 is 0 Å². The van der Waals surface area contributed by atoms with Crippen molar-refractivity contribution in [3.8, 4) is 17.4 Å². The highest BCUT2D eigenvalue weighted by Gasteiger charge is 2.28. The Morgan fingerprint density at radius 1 is 1.29 bits per heavy atom. The highest BCUT2D eigenvalue weighted by atomic mass is 16.5. The van der Waals surface area contributed by atoms with Gasteiger partial charge in [-0.15, -0.1) is 10.2 Å². The number of aromatic nitrogens is 6. The molecule has 0 bridgehead atoms. The number of ether oxygens (including phenoxy) is 1. The Kier molecular flexibility index (Phi) is 6.79. The van der Waals surface area contributed by atoms with Crippen LogP contribution in [0.4, 0.5) is 0 Å². The lowest BCUT2D eigenvalue weighted by molar-refractivity contribution is 0.0914. The van der Waals surface area contributed by atoms with Crippen LogP contribution in [0, 0.1) is 6.92 Å². The summed E-state index contributed by atoms with van der Waals surface area (Å²) in [4.78, 5) is 16.7. The predicted octanol–water partition coefficient (Wildman–Crippen LogP) is 2.86. The van der Waals surface area contributed by atoms with Crippen LogP contribution in [0.25, 0.3) is 17.0 Å². The minimum atomic E-state index is -0.297. The van der Waals surface area contributed by atoms with Crippen LogP contribution in [-0.2, 0) is 12.0 Å². The quantitative estimate of drug-likeness (QED) is 0.390. The zero-order chi connectivity index (χ0) is 25.2. The molecule has 35 heavy (non-hydrogen) atoms. The monoisotopic (exact) mass is 479 g/mol. The number of nitrogens with one attached hydrogen (secondary N) is 1. The molecule has 0 saturated heterocycles. The lowest BCUT2D eigenvalue weighted by atomic mass is 9.88. The van der Waals surface area contributed by atoms with Gasteiger partial charge in [0.1, 0.15) is 12.4 Å². The number of carbonyl (C=O) groups excluding carboxylic acids is 1. The SMILES string of the molecule is CC[C@H](CO)NC(=O)c1ccc(COc2nn3c(-c4cc(C)on4)nncc3c2C(C)(C)C)nc1. The van der Waals surface area contributed by atoms with E-state index in [2.05, 4.69) is 51.5 Å². The number of amides is 1. The summed E-state index contributed by atoms with van der Waals surface area (Å²) < 4.78 is 13.0. The standard InChI is InChI=1S/C24H29N7O4/c1-6-16(12-32)27-22(33)15-7-8-17(25-10-15)13-34-23-20(24(3,4)5)19-11-26-28-21(31(19)29-23)18-9-14(2)35-30-18/h7-11,16,32H,6,12-13H2,1-5H3,(H,27,33)/t16-/m1/s1. The first kappa shape index (κ1) is 24.3. The summed E-state index contributed by atoms with van der Waals surface area (Å²) in [6.07, 6.45) is 3.78. The van der Waals surface area contributed by atoms with Crippen LogP contribution in [0.5, 0.6) is 5.88 Å². The second-order valence-electron chi connectivity index (χ2n) is 9.31. The van der Waals surface area contributed by atoms with E-state index in [1.54, 1.807) is 35.8 Å². The maximum atomic E-state index is 12.3. The molecule has 0 aliphatic carbocycles. The molecule has 4 rings (SSSR count). The van der Waals surface area contributed by atoms with E-state index in [9.17, 15) is 9.90 Å². The smallest absolute Gasteiger partial charge is 0.253 e. The average Bonchev–Trinajstić information content (AvgIpc) is 3.44. The number of hydrogen-bond acceptors (Lipinski definition) is 9. The second-order valence-corrected chi connectivity index (χ2v) is 9.31. The Hall–Kier alpha value is -3.86. The Morgan fingerprint density at radius 2 is 2.09 bits per heavy atom. The Labute approximate surface area is 202 Å². The van der Waals surface area contributed by atoms with Gasteiger partial charge in [-0.3, -0.25) is 9.78 Å². The van der Waals surface area contributed by atoms with E-state index in [4.69, 9.17) is 9.26 Å². The molecule has 0 aromatic carbocycles. The van der Waals surface area contributed by atoms with Gasteiger partial charge in [0, 0.05) is 17.8 Å². The number of rotatable bonds is 8. The fourth-order valence-corrected chi connectivity index (χ4v) is 3.64. The minimum Gasteiger partial charge on any atom is -0.470 e. The number of hydrogen-bond donors (Lipinski definition) is 2. The summed E-state index contributed by atoms with van der Waals surface area (Å²) in [6, 6.07) is 4.89. The fourth-order valence-electron chi connectivity index (χ4n) is 3.64. The third kappa shape index (κ3) is 5.14. The lowest BCUT2D eigenvalue weighted by Gasteiger charge is -2.18. The summed E-state index contributed by atoms with van der Waals surface area (Å²) in [7, 11) is 0. The van der Waals surface area contributed by atoms with Gasteiger partial charge < -0.3 is 19.7 Å². The number of aliphatic hydroxyl groups excluding tert-OH is 1. The van der Waals surface area contributed by atoms with Crippen molar-refractivity contribution in [1.29, 1.82) is 0 Å². The summed E-state index contributed by atoms with van der Waals surface area (Å²) in [6.45, 7) is 9.95. The molecule has 1 atom stereocenters. The van der Waals surface area contributed by atoms with E-state index in [0.29, 0.717) is 40.8 Å². The molecule has 0 saturated carbocycles. The topological polar surface area (TPSA) is 141 Å². The molecule has 11 nitrogen and oxygen atoms in total. The van der Waals surface area contributed by atoms with E-state index in [1.165, 1.54) is 6.20 Å². The third-order valence-electron chi connectivity index (χ3n) is 5.52. The van der Waals surface area contributed by atoms with Gasteiger partial charge in [0.2, 0.25) is 11.7 Å². The van der Waals surface area contributed by atoms with Gasteiger partial charge >= 0.3 is 0 Å². The van der Waals surface area contributed by atoms with E-state index in [1.807, 2.05) is 6.92 Å². The second kappa shape index (κ2) is 9.79. The number of pyridine rings is 1. The first-order valence-corrected chi connectivity index (χ1v) is 11.4. The van der Waals surface area contributed by atoms with Crippen LogP contribution in [0.2, 0.25) is 0 Å². The van der Waals surface area contributed by atoms with Gasteiger partial charge in [-0.25, -0.2) is 4.52 Å². The van der Waals surface area contributed by atoms with Gasteiger partial charge in [-0.1, -0.05) is 32.9 Å². The van der Waals surface area contributed by atoms with Gasteiger partial charge in [0.25, 0.3) is 5.91 Å². The van der Waals surface area contributed by atoms with Crippen LogP contribution >= 0.6 is 0 Å². The Bertz CT molecular complexity index is 1320.